The van der Waals surface area contributed by atoms with Gasteiger partial charge < -0.3 is 5.32 Å². The van der Waals surface area contributed by atoms with Crippen molar-refractivity contribution in [3.05, 3.63) is 110 Å². The van der Waals surface area contributed by atoms with E-state index in [0.717, 1.165) is 19.2 Å². The number of thiazole rings is 1. The van der Waals surface area contributed by atoms with Gasteiger partial charge in [-0.15, -0.1) is 23.7 Å². The Bertz CT molecular complexity index is 1640. The lowest BCUT2D eigenvalue weighted by molar-refractivity contribution is -0.384. The highest BCUT2D eigenvalue weighted by Gasteiger charge is 2.20. The molecule has 0 unspecified atom stereocenters. The number of nitrogens with one attached hydrogen (secondary N) is 1. The van der Waals surface area contributed by atoms with Crippen LogP contribution < -0.4 is 10.9 Å². The lowest BCUT2D eigenvalue weighted by atomic mass is 10.2. The molecule has 0 saturated carbocycles. The predicted molar refractivity (Wildman–Crippen MR) is 147 cm³/mol. The molecule has 186 valence electrons. The van der Waals surface area contributed by atoms with Crippen LogP contribution in [0.15, 0.2) is 93.0 Å². The Hall–Kier alpha value is -4.06. The summed E-state index contributed by atoms with van der Waals surface area (Å²) in [6, 6.07) is 21.8. The van der Waals surface area contributed by atoms with Crippen LogP contribution in [0.3, 0.4) is 0 Å². The van der Waals surface area contributed by atoms with E-state index in [2.05, 4.69) is 15.4 Å². The summed E-state index contributed by atoms with van der Waals surface area (Å²) in [5, 5.41) is 18.8. The number of hydrogen-bond acceptors (Lipinski definition) is 8. The van der Waals surface area contributed by atoms with Gasteiger partial charge in [-0.2, -0.15) is 9.78 Å². The summed E-state index contributed by atoms with van der Waals surface area (Å²) < 4.78 is 2.87. The number of nitro groups is 1. The summed E-state index contributed by atoms with van der Waals surface area (Å²) in [6.45, 7) is 1.71. The molecule has 0 spiro atoms. The van der Waals surface area contributed by atoms with Crippen LogP contribution in [0.5, 0.6) is 0 Å². The number of anilines is 1. The maximum Gasteiger partial charge on any atom is 0.295 e. The minimum Gasteiger partial charge on any atom is -0.317 e. The number of non-ortho nitro benzene ring substituents is 1. The molecule has 0 saturated heterocycles. The maximum atomic E-state index is 13.5. The molecule has 0 radical (unpaired) electrons. The molecule has 2 heterocycles. The Labute approximate surface area is 224 Å². The van der Waals surface area contributed by atoms with Gasteiger partial charge >= 0.3 is 0 Å². The van der Waals surface area contributed by atoms with Gasteiger partial charge in [0.2, 0.25) is 0 Å². The van der Waals surface area contributed by atoms with E-state index in [4.69, 9.17) is 0 Å². The highest BCUT2D eigenvalue weighted by atomic mass is 35.5. The number of nitro benzene ring substituents is 1. The van der Waals surface area contributed by atoms with Gasteiger partial charge in [-0.25, -0.2) is 4.98 Å². The van der Waals surface area contributed by atoms with Crippen molar-refractivity contribution in [3.8, 4) is 5.69 Å². The first kappa shape index (κ1) is 26.0. The second-order valence-electron chi connectivity index (χ2n) is 7.67. The third-order valence-electron chi connectivity index (χ3n) is 5.33. The second-order valence-corrected chi connectivity index (χ2v) is 9.93. The molecule has 9 nitrogen and oxygen atoms in total. The van der Waals surface area contributed by atoms with Gasteiger partial charge in [0.25, 0.3) is 17.2 Å². The summed E-state index contributed by atoms with van der Waals surface area (Å²) in [4.78, 5) is 41.5. The lowest BCUT2D eigenvalue weighted by Crippen LogP contribution is -2.28. The van der Waals surface area contributed by atoms with Gasteiger partial charge in [0.1, 0.15) is 10.7 Å². The highest BCUT2D eigenvalue weighted by Crippen LogP contribution is 2.36. The molecule has 5 aromatic rings. The molecule has 5 rings (SSSR count). The minimum atomic E-state index is -0.556. The number of nitrogens with zero attached hydrogens (tertiary/aromatic N) is 4. The fourth-order valence-corrected chi connectivity index (χ4v) is 5.53. The topological polar surface area (TPSA) is 120 Å². The Balaban J connectivity index is 0.00000320. The quantitative estimate of drug-likeness (QED) is 0.206. The summed E-state index contributed by atoms with van der Waals surface area (Å²) in [5.41, 5.74) is 1.47. The molecule has 37 heavy (non-hydrogen) atoms. The first-order chi connectivity index (χ1) is 17.4. The zero-order valence-electron chi connectivity index (χ0n) is 19.2. The average molecular weight is 552 g/mol. The molecule has 0 aliphatic carbocycles. The summed E-state index contributed by atoms with van der Waals surface area (Å²) >= 11 is 2.77. The van der Waals surface area contributed by atoms with Crippen molar-refractivity contribution < 1.29 is 9.72 Å². The van der Waals surface area contributed by atoms with E-state index >= 15 is 0 Å². The van der Waals surface area contributed by atoms with Crippen molar-refractivity contribution in [1.29, 1.82) is 0 Å². The largest absolute Gasteiger partial charge is 0.317 e. The normalized spacial score (nSPS) is 10.6. The number of carbonyl (C=O) groups is 1. The number of para-hydroxylation sites is 1. The van der Waals surface area contributed by atoms with Crippen molar-refractivity contribution in [3.63, 3.8) is 0 Å². The number of carbonyl (C=O) groups excluding carboxylic acids is 1. The summed E-state index contributed by atoms with van der Waals surface area (Å²) in [6.07, 6.45) is 0. The Morgan fingerprint density at radius 2 is 1.70 bits per heavy atom. The number of aromatic nitrogens is 3. The predicted octanol–water partition coefficient (Wildman–Crippen LogP) is 5.88. The van der Waals surface area contributed by atoms with Crippen molar-refractivity contribution in [2.24, 2.45) is 0 Å². The van der Waals surface area contributed by atoms with Gasteiger partial charge in [-0.1, -0.05) is 30.3 Å². The SMILES string of the molecule is Cc1c(Sc2nc3ccccc3s2)nn(-c2ccc([N+](=O)[O-])cc2)c(=O)c1NC(=O)c1ccccc1.Cl. The van der Waals surface area contributed by atoms with Gasteiger partial charge in [-0.3, -0.25) is 19.7 Å². The maximum absolute atomic E-state index is 13.5. The van der Waals surface area contributed by atoms with Crippen LogP contribution in [0.4, 0.5) is 11.4 Å². The van der Waals surface area contributed by atoms with Crippen LogP contribution in [0.25, 0.3) is 15.9 Å². The second kappa shape index (κ2) is 10.9. The number of halogens is 1. The minimum absolute atomic E-state index is 0. The van der Waals surface area contributed by atoms with E-state index in [1.165, 1.54) is 47.4 Å². The van der Waals surface area contributed by atoms with E-state index in [0.29, 0.717) is 21.8 Å². The molecule has 12 heteroatoms. The number of benzene rings is 3. The van der Waals surface area contributed by atoms with Crippen LogP contribution >= 0.6 is 35.5 Å². The first-order valence-corrected chi connectivity index (χ1v) is 12.3. The molecule has 2 aromatic heterocycles. The van der Waals surface area contributed by atoms with E-state index in [-0.39, 0.29) is 23.8 Å². The van der Waals surface area contributed by atoms with E-state index in [1.54, 1.807) is 37.3 Å². The van der Waals surface area contributed by atoms with E-state index < -0.39 is 16.4 Å². The molecule has 1 N–H and O–H groups in total. The van der Waals surface area contributed by atoms with Crippen molar-refractivity contribution in [2.75, 3.05) is 5.32 Å². The summed E-state index contributed by atoms with van der Waals surface area (Å²) in [5.74, 6) is -0.437. The van der Waals surface area contributed by atoms with Crippen LogP contribution in [0, 0.1) is 17.0 Å². The number of rotatable bonds is 6. The molecule has 0 fully saturated rings. The molecule has 0 aliphatic rings. The molecule has 0 aliphatic heterocycles. The Kier molecular flexibility index (Phi) is 7.67. The molecule has 1 amide bonds. The first-order valence-electron chi connectivity index (χ1n) is 10.7. The van der Waals surface area contributed by atoms with Crippen LogP contribution in [0.1, 0.15) is 15.9 Å². The fourth-order valence-electron chi connectivity index (χ4n) is 3.47. The van der Waals surface area contributed by atoms with E-state index in [1.807, 2.05) is 24.3 Å². The third kappa shape index (κ3) is 5.38. The Morgan fingerprint density at radius 3 is 2.38 bits per heavy atom. The molecule has 0 bridgehead atoms. The van der Waals surface area contributed by atoms with Crippen molar-refractivity contribution in [1.82, 2.24) is 14.8 Å². The lowest BCUT2D eigenvalue weighted by Gasteiger charge is -2.14. The molecular weight excluding hydrogens is 534 g/mol. The molecular formula is C25H18ClN5O4S2. The molecule has 0 atom stereocenters. The smallest absolute Gasteiger partial charge is 0.295 e. The highest BCUT2D eigenvalue weighted by molar-refractivity contribution is 8.01. The number of amides is 1. The van der Waals surface area contributed by atoms with Gasteiger partial charge in [0.05, 0.1) is 20.8 Å². The van der Waals surface area contributed by atoms with Gasteiger partial charge in [-0.05, 0) is 55.1 Å². The zero-order chi connectivity index (χ0) is 25.2. The van der Waals surface area contributed by atoms with Crippen LogP contribution in [-0.2, 0) is 0 Å². The van der Waals surface area contributed by atoms with Crippen LogP contribution in [-0.4, -0.2) is 25.6 Å². The van der Waals surface area contributed by atoms with Crippen molar-refractivity contribution in [2.45, 2.75) is 16.3 Å². The van der Waals surface area contributed by atoms with Gasteiger partial charge in [0.15, 0.2) is 4.34 Å². The zero-order valence-corrected chi connectivity index (χ0v) is 21.6. The Morgan fingerprint density at radius 1 is 1.03 bits per heavy atom. The number of fused-ring (bicyclic) bond motifs is 1. The standard InChI is InChI=1S/C25H17N5O4S2.ClH/c1-15-21(27-22(31)16-7-3-2-4-8-16)24(32)29(17-11-13-18(14-12-17)30(33)34)28-23(15)36-25-26-19-9-5-6-10-20(19)35-25;/h2-14H,1H3,(H,27,31);1H. The molecule has 3 aromatic carbocycles. The van der Waals surface area contributed by atoms with E-state index in [9.17, 15) is 19.7 Å². The average Bonchev–Trinajstić information content (AvgIpc) is 3.31. The monoisotopic (exact) mass is 551 g/mol. The number of hydrogen-bond donors (Lipinski definition) is 1. The van der Waals surface area contributed by atoms with Crippen LogP contribution in [0.2, 0.25) is 0 Å². The van der Waals surface area contributed by atoms with Crippen molar-refractivity contribution >= 4 is 63.0 Å². The third-order valence-corrected chi connectivity index (χ3v) is 7.51. The van der Waals surface area contributed by atoms with Gasteiger partial charge in [0, 0.05) is 23.3 Å². The summed E-state index contributed by atoms with van der Waals surface area (Å²) in [7, 11) is 0. The fraction of sp³-hybridized carbons (Fsp3) is 0.0400.